The van der Waals surface area contributed by atoms with E-state index in [0.29, 0.717) is 24.5 Å². The van der Waals surface area contributed by atoms with Gasteiger partial charge < -0.3 is 20.7 Å². The largest absolute Gasteiger partial charge is 0.467 e. The van der Waals surface area contributed by atoms with E-state index in [-0.39, 0.29) is 32.9 Å². The van der Waals surface area contributed by atoms with Crippen LogP contribution in [0.3, 0.4) is 0 Å². The van der Waals surface area contributed by atoms with E-state index in [0.717, 1.165) is 24.8 Å². The fourth-order valence-electron chi connectivity index (χ4n) is 4.74. The number of carbonyl (C=O) groups is 2. The highest BCUT2D eigenvalue weighted by atomic mass is 35.5. The second-order valence-electron chi connectivity index (χ2n) is 9.97. The topological polar surface area (TPSA) is 134 Å². The summed E-state index contributed by atoms with van der Waals surface area (Å²) in [5.41, 5.74) is 8.06. The van der Waals surface area contributed by atoms with Crippen LogP contribution in [-0.2, 0) is 26.0 Å². The highest BCUT2D eigenvalue weighted by Gasteiger charge is 2.30. The normalized spacial score (nSPS) is 15.0. The molecule has 1 heterocycles. The highest BCUT2D eigenvalue weighted by molar-refractivity contribution is 7.89. The van der Waals surface area contributed by atoms with Crippen molar-refractivity contribution >= 4 is 62.4 Å². The van der Waals surface area contributed by atoms with E-state index in [4.69, 9.17) is 33.7 Å². The first-order valence-electron chi connectivity index (χ1n) is 13.6. The number of nitrogens with zero attached hydrogens (tertiary/aromatic N) is 3. The number of anilines is 2. The summed E-state index contributed by atoms with van der Waals surface area (Å²) in [4.78, 5) is 31.4. The van der Waals surface area contributed by atoms with Gasteiger partial charge in [0, 0.05) is 32.2 Å². The Bertz CT molecular complexity index is 1590. The zero-order valence-electron chi connectivity index (χ0n) is 23.8. The number of methoxy groups -OCH3 is 1. The van der Waals surface area contributed by atoms with Crippen molar-refractivity contribution in [3.8, 4) is 0 Å². The summed E-state index contributed by atoms with van der Waals surface area (Å²) in [6.45, 7) is 0.926. The summed E-state index contributed by atoms with van der Waals surface area (Å²) in [7, 11) is -0.908. The molecule has 0 radical (unpaired) electrons. The minimum atomic E-state index is -3.76. The summed E-state index contributed by atoms with van der Waals surface area (Å²) >= 11 is 12.3. The molecule has 1 aliphatic heterocycles. The summed E-state index contributed by atoms with van der Waals surface area (Å²) in [5, 5.41) is 3.22. The van der Waals surface area contributed by atoms with Crippen LogP contribution in [0.25, 0.3) is 0 Å². The van der Waals surface area contributed by atoms with Crippen LogP contribution in [0.2, 0.25) is 10.0 Å². The van der Waals surface area contributed by atoms with Crippen LogP contribution in [0, 0.1) is 0 Å². The van der Waals surface area contributed by atoms with E-state index in [9.17, 15) is 18.0 Å². The van der Waals surface area contributed by atoms with E-state index >= 15 is 0 Å². The van der Waals surface area contributed by atoms with Gasteiger partial charge in [0.25, 0.3) is 5.91 Å². The van der Waals surface area contributed by atoms with Crippen molar-refractivity contribution < 1.29 is 22.7 Å². The molecule has 1 fully saturated rings. The van der Waals surface area contributed by atoms with Crippen molar-refractivity contribution in [2.24, 2.45) is 10.7 Å². The predicted octanol–water partition coefficient (Wildman–Crippen LogP) is 4.96. The van der Waals surface area contributed by atoms with Crippen LogP contribution in [0.4, 0.5) is 11.4 Å². The molecule has 0 unspecified atom stereocenters. The Morgan fingerprint density at radius 1 is 1.00 bits per heavy atom. The second kappa shape index (κ2) is 14.2. The molecular formula is C30H33Cl2N5O5S. The van der Waals surface area contributed by atoms with Gasteiger partial charge in [0.2, 0.25) is 10.0 Å². The molecule has 43 heavy (non-hydrogen) atoms. The summed E-state index contributed by atoms with van der Waals surface area (Å²) < 4.78 is 33.4. The minimum Gasteiger partial charge on any atom is -0.467 e. The number of para-hydroxylation sites is 1. The Morgan fingerprint density at radius 3 is 2.26 bits per heavy atom. The lowest BCUT2D eigenvalue weighted by Gasteiger charge is -2.28. The number of hydrogen-bond donors (Lipinski definition) is 2. The first kappa shape index (κ1) is 32.3. The maximum absolute atomic E-state index is 13.5. The third kappa shape index (κ3) is 7.66. The molecule has 0 aliphatic carbocycles. The van der Waals surface area contributed by atoms with Gasteiger partial charge in [-0.25, -0.2) is 18.2 Å². The molecule has 1 aliphatic rings. The van der Waals surface area contributed by atoms with Crippen molar-refractivity contribution in [3.63, 3.8) is 0 Å². The molecule has 0 spiro atoms. The SMILES string of the molecule is COC(=O)[C@H](Cc1ccc(NC(=O)c2c(Cl)cccc2Cl)cc1)N=C(N)N(C)c1ccccc1S(=O)(=O)N1CCCCC1. The number of hydrogen-bond acceptors (Lipinski definition) is 6. The number of sulfonamides is 1. The lowest BCUT2D eigenvalue weighted by atomic mass is 10.1. The molecular weight excluding hydrogens is 613 g/mol. The van der Waals surface area contributed by atoms with Crippen molar-refractivity contribution in [3.05, 3.63) is 87.9 Å². The number of aliphatic imine (C=N–C) groups is 1. The lowest BCUT2D eigenvalue weighted by molar-refractivity contribution is -0.142. The first-order chi connectivity index (χ1) is 20.5. The zero-order valence-corrected chi connectivity index (χ0v) is 26.1. The molecule has 13 heteroatoms. The second-order valence-corrected chi connectivity index (χ2v) is 12.7. The maximum atomic E-state index is 13.5. The predicted molar refractivity (Wildman–Crippen MR) is 169 cm³/mol. The van der Waals surface area contributed by atoms with E-state index in [2.05, 4.69) is 10.3 Å². The number of ether oxygens (including phenoxy) is 1. The molecule has 4 rings (SSSR count). The lowest BCUT2D eigenvalue weighted by Crippen LogP contribution is -2.40. The van der Waals surface area contributed by atoms with E-state index in [1.165, 1.54) is 16.3 Å². The molecule has 0 saturated carbocycles. The van der Waals surface area contributed by atoms with Gasteiger partial charge >= 0.3 is 5.97 Å². The maximum Gasteiger partial charge on any atom is 0.331 e. The third-order valence-electron chi connectivity index (χ3n) is 7.10. The molecule has 0 bridgehead atoms. The first-order valence-corrected chi connectivity index (χ1v) is 15.8. The number of rotatable bonds is 9. The van der Waals surface area contributed by atoms with Crippen molar-refractivity contribution in [1.29, 1.82) is 0 Å². The van der Waals surface area contributed by atoms with E-state index in [1.807, 2.05) is 0 Å². The summed E-state index contributed by atoms with van der Waals surface area (Å²) in [6.07, 6.45) is 2.76. The van der Waals surface area contributed by atoms with Gasteiger partial charge in [-0.2, -0.15) is 4.31 Å². The standard InChI is InChI=1S/C30H33Cl2N5O5S/c1-36(25-11-4-5-12-26(25)43(40,41)37-17-6-3-7-18-37)30(33)35-24(29(39)42-2)19-20-13-15-21(16-14-20)34-28(38)27-22(31)9-8-10-23(27)32/h4-5,8-16,24H,3,6-7,17-19H2,1-2H3,(H2,33,35)(H,34,38)/t24-/m0/s1. The Labute approximate surface area is 261 Å². The molecule has 1 amide bonds. The Kier molecular flexibility index (Phi) is 10.7. The van der Waals surface area contributed by atoms with Crippen LogP contribution >= 0.6 is 23.2 Å². The highest BCUT2D eigenvalue weighted by Crippen LogP contribution is 2.29. The van der Waals surface area contributed by atoms with Gasteiger partial charge in [0.15, 0.2) is 12.0 Å². The fourth-order valence-corrected chi connectivity index (χ4v) is 7.05. The van der Waals surface area contributed by atoms with Crippen LogP contribution in [0.15, 0.2) is 76.6 Å². The van der Waals surface area contributed by atoms with Crippen LogP contribution in [0.1, 0.15) is 35.2 Å². The summed E-state index contributed by atoms with van der Waals surface area (Å²) in [6, 6.07) is 17.2. The van der Waals surface area contributed by atoms with Gasteiger partial charge in [-0.05, 0) is 54.8 Å². The average molecular weight is 647 g/mol. The van der Waals surface area contributed by atoms with Crippen LogP contribution in [0.5, 0.6) is 0 Å². The monoisotopic (exact) mass is 645 g/mol. The molecule has 3 aromatic carbocycles. The van der Waals surface area contributed by atoms with Gasteiger partial charge in [0.1, 0.15) is 4.90 Å². The summed E-state index contributed by atoms with van der Waals surface area (Å²) in [5.74, 6) is -1.13. The smallest absolute Gasteiger partial charge is 0.331 e. The number of nitrogens with one attached hydrogen (secondary N) is 1. The number of guanidine groups is 1. The van der Waals surface area contributed by atoms with Crippen molar-refractivity contribution in [2.75, 3.05) is 37.5 Å². The molecule has 3 N–H and O–H groups in total. The number of halogens is 2. The van der Waals surface area contributed by atoms with Crippen molar-refractivity contribution in [2.45, 2.75) is 36.6 Å². The Hall–Kier alpha value is -3.64. The third-order valence-corrected chi connectivity index (χ3v) is 9.67. The molecule has 0 aromatic heterocycles. The van der Waals surface area contributed by atoms with Crippen molar-refractivity contribution in [1.82, 2.24) is 4.31 Å². The molecule has 3 aromatic rings. The van der Waals surface area contributed by atoms with E-state index < -0.39 is 27.9 Å². The fraction of sp³-hybridized carbons (Fsp3) is 0.300. The van der Waals surface area contributed by atoms with Gasteiger partial charge in [-0.15, -0.1) is 0 Å². The molecule has 228 valence electrons. The molecule has 1 saturated heterocycles. The van der Waals surface area contributed by atoms with Gasteiger partial charge in [0.05, 0.1) is 28.4 Å². The quantitative estimate of drug-likeness (QED) is 0.191. The number of benzene rings is 3. The van der Waals surface area contributed by atoms with E-state index in [1.54, 1.807) is 73.8 Å². The number of esters is 1. The Morgan fingerprint density at radius 2 is 1.63 bits per heavy atom. The molecule has 10 nitrogen and oxygen atoms in total. The molecule has 1 atom stereocenters. The number of carbonyl (C=O) groups excluding carboxylic acids is 2. The van der Waals surface area contributed by atoms with Gasteiger partial charge in [-0.3, -0.25) is 4.79 Å². The van der Waals surface area contributed by atoms with Crippen LogP contribution in [-0.4, -0.2) is 63.8 Å². The number of nitrogens with two attached hydrogens (primary N) is 1. The van der Waals surface area contributed by atoms with Crippen LogP contribution < -0.4 is 16.0 Å². The average Bonchev–Trinajstić information content (AvgIpc) is 3.01. The zero-order chi connectivity index (χ0) is 31.1. The Balaban J connectivity index is 1.52. The number of piperidine rings is 1. The van der Waals surface area contributed by atoms with Gasteiger partial charge in [-0.1, -0.05) is 60.0 Å². The number of amides is 1. The minimum absolute atomic E-state index is 0.0582.